The third-order valence-corrected chi connectivity index (χ3v) is 17.8. The molecule has 0 aromatic heterocycles. The Balaban J connectivity index is 0.803. The second-order valence-corrected chi connectivity index (χ2v) is 19.9. The summed E-state index contributed by atoms with van der Waals surface area (Å²) in [5.41, 5.74) is 6.29. The summed E-state index contributed by atoms with van der Waals surface area (Å²) < 4.78 is 13.9. The number of benzene rings is 2. The molecule has 4 aliphatic heterocycles. The van der Waals surface area contributed by atoms with Crippen LogP contribution in [-0.2, 0) is 9.47 Å². The van der Waals surface area contributed by atoms with E-state index in [2.05, 4.69) is 58.3 Å². The predicted molar refractivity (Wildman–Crippen MR) is 207 cm³/mol. The van der Waals surface area contributed by atoms with Crippen LogP contribution in [0, 0.1) is 23.7 Å². The van der Waals surface area contributed by atoms with Gasteiger partial charge in [0.15, 0.2) is 0 Å². The van der Waals surface area contributed by atoms with E-state index in [1.165, 1.54) is 140 Å². The predicted octanol–water partition coefficient (Wildman–Crippen LogP) is 10.2. The van der Waals surface area contributed by atoms with Gasteiger partial charge in [-0.2, -0.15) is 0 Å². The highest BCUT2D eigenvalue weighted by Gasteiger charge is 2.61. The summed E-state index contributed by atoms with van der Waals surface area (Å²) in [6.45, 7) is 0. The molecular formula is C48H64N2O2. The molecule has 16 unspecified atom stereocenters. The van der Waals surface area contributed by atoms with E-state index in [-0.39, 0.29) is 0 Å². The zero-order valence-corrected chi connectivity index (χ0v) is 31.7. The second-order valence-electron chi connectivity index (χ2n) is 19.9. The summed E-state index contributed by atoms with van der Waals surface area (Å²) >= 11 is 0. The van der Waals surface area contributed by atoms with Gasteiger partial charge in [0, 0.05) is 36.3 Å². The molecule has 4 nitrogen and oxygen atoms in total. The minimum Gasteiger partial charge on any atom is -0.372 e. The van der Waals surface area contributed by atoms with E-state index in [0.717, 1.165) is 35.8 Å². The minimum atomic E-state index is 0.509. The minimum absolute atomic E-state index is 0.509. The number of fused-ring (bicyclic) bond motifs is 10. The first-order chi connectivity index (χ1) is 25.8. The maximum Gasteiger partial charge on any atom is 0.0737 e. The van der Waals surface area contributed by atoms with Gasteiger partial charge in [0.05, 0.1) is 24.4 Å². The number of ether oxygens (including phenoxy) is 2. The van der Waals surface area contributed by atoms with Crippen LogP contribution in [0.3, 0.4) is 0 Å². The average Bonchev–Trinajstić information content (AvgIpc) is 3.73. The molecule has 0 spiro atoms. The third kappa shape index (κ3) is 4.98. The molecule has 12 rings (SSSR count). The van der Waals surface area contributed by atoms with E-state index in [1.807, 2.05) is 0 Å². The third-order valence-electron chi connectivity index (χ3n) is 17.8. The van der Waals surface area contributed by atoms with Crippen LogP contribution in [0.15, 0.2) is 48.5 Å². The smallest absolute Gasteiger partial charge is 0.0737 e. The second kappa shape index (κ2) is 12.9. The number of nitrogens with zero attached hydrogens (tertiary/aromatic N) is 2. The number of hydrogen-bond acceptors (Lipinski definition) is 4. The number of rotatable bonds is 3. The van der Waals surface area contributed by atoms with Gasteiger partial charge in [-0.3, -0.25) is 9.80 Å². The maximum atomic E-state index is 6.97. The van der Waals surface area contributed by atoms with Crippen LogP contribution >= 0.6 is 0 Å². The Labute approximate surface area is 313 Å². The largest absolute Gasteiger partial charge is 0.372 e. The van der Waals surface area contributed by atoms with Gasteiger partial charge < -0.3 is 9.47 Å². The van der Waals surface area contributed by atoms with Crippen molar-refractivity contribution in [3.8, 4) is 11.1 Å². The molecule has 10 fully saturated rings. The van der Waals surface area contributed by atoms with Crippen molar-refractivity contribution in [3.05, 3.63) is 59.7 Å². The first kappa shape index (κ1) is 32.5. The molecule has 0 amide bonds. The maximum absolute atomic E-state index is 6.97. The fraction of sp³-hybridized carbons (Fsp3) is 0.750. The van der Waals surface area contributed by atoms with Crippen LogP contribution in [0.2, 0.25) is 0 Å². The molecule has 0 N–H and O–H groups in total. The summed E-state index contributed by atoms with van der Waals surface area (Å²) in [5.74, 6) is 4.81. The molecule has 16 atom stereocenters. The van der Waals surface area contributed by atoms with Crippen molar-refractivity contribution < 1.29 is 9.47 Å². The lowest BCUT2D eigenvalue weighted by Crippen LogP contribution is -2.63. The summed E-state index contributed by atoms with van der Waals surface area (Å²) in [6, 6.07) is 24.1. The van der Waals surface area contributed by atoms with Crippen LogP contribution in [0.4, 0.5) is 0 Å². The zero-order chi connectivity index (χ0) is 33.9. The lowest BCUT2D eigenvalue weighted by atomic mass is 9.67. The Hall–Kier alpha value is -1.72. The summed E-state index contributed by atoms with van der Waals surface area (Å²) in [7, 11) is 0. The summed E-state index contributed by atoms with van der Waals surface area (Å²) in [5, 5.41) is 0. The molecule has 0 bridgehead atoms. The highest BCUT2D eigenvalue weighted by atomic mass is 16.5. The first-order valence-electron chi connectivity index (χ1n) is 22.8. The summed E-state index contributed by atoms with van der Waals surface area (Å²) in [6.07, 6.45) is 29.6. The van der Waals surface area contributed by atoms with Crippen molar-refractivity contribution >= 4 is 0 Å². The van der Waals surface area contributed by atoms with Gasteiger partial charge in [-0.05, 0) is 148 Å². The van der Waals surface area contributed by atoms with Crippen LogP contribution < -0.4 is 0 Å². The molecule has 2 aromatic rings. The highest BCUT2D eigenvalue weighted by molar-refractivity contribution is 5.69. The van der Waals surface area contributed by atoms with Crippen molar-refractivity contribution in [3.63, 3.8) is 0 Å². The molecule has 278 valence electrons. The van der Waals surface area contributed by atoms with E-state index < -0.39 is 0 Å². The first-order valence-corrected chi connectivity index (χ1v) is 22.8. The van der Waals surface area contributed by atoms with Crippen molar-refractivity contribution in [2.24, 2.45) is 23.7 Å². The van der Waals surface area contributed by atoms with E-state index in [0.29, 0.717) is 60.4 Å². The molecule has 6 aliphatic carbocycles. The Kier molecular flexibility index (Phi) is 8.08. The standard InChI is InChI=1S/C48H64N2O2/c1-2-13-34(32-23-25-40-38(28-32)36-15-9-21-46-48(36)50(40)42-17-4-6-19-44(42)52-46)33(12-1)31-11-7-10-29(26-31)30-22-24-39-37(27-30)35-14-8-20-45-47(35)49(39)41-16-3-5-18-43(41)51-45/h1-2,7,10-13,26,30,32,35-48H,3-6,8-9,14-25,27-28H2. The molecule has 4 heterocycles. The van der Waals surface area contributed by atoms with Crippen molar-refractivity contribution in [1.29, 1.82) is 0 Å². The monoisotopic (exact) mass is 700 g/mol. The molecule has 4 saturated heterocycles. The van der Waals surface area contributed by atoms with E-state index in [9.17, 15) is 0 Å². The number of morpholine rings is 2. The molecule has 52 heavy (non-hydrogen) atoms. The zero-order valence-electron chi connectivity index (χ0n) is 31.7. The fourth-order valence-corrected chi connectivity index (χ4v) is 16.1. The highest BCUT2D eigenvalue weighted by Crippen LogP contribution is 2.59. The topological polar surface area (TPSA) is 24.9 Å². The average molecular weight is 701 g/mol. The van der Waals surface area contributed by atoms with Gasteiger partial charge in [0.25, 0.3) is 0 Å². The van der Waals surface area contributed by atoms with Crippen molar-refractivity contribution in [2.45, 2.75) is 201 Å². The lowest BCUT2D eigenvalue weighted by Gasteiger charge is -2.53. The lowest BCUT2D eigenvalue weighted by molar-refractivity contribution is -0.177. The summed E-state index contributed by atoms with van der Waals surface area (Å²) in [4.78, 5) is 6.27. The molecule has 2 aromatic carbocycles. The quantitative estimate of drug-likeness (QED) is 0.318. The Morgan fingerprint density at radius 3 is 1.69 bits per heavy atom. The molecule has 10 aliphatic rings. The Morgan fingerprint density at radius 1 is 0.442 bits per heavy atom. The Morgan fingerprint density at radius 2 is 1.02 bits per heavy atom. The van der Waals surface area contributed by atoms with Crippen molar-refractivity contribution in [2.75, 3.05) is 0 Å². The van der Waals surface area contributed by atoms with Crippen LogP contribution in [0.1, 0.15) is 151 Å². The van der Waals surface area contributed by atoms with E-state index >= 15 is 0 Å². The molecular weight excluding hydrogens is 637 g/mol. The van der Waals surface area contributed by atoms with Gasteiger partial charge in [-0.15, -0.1) is 0 Å². The normalized spacial score (nSPS) is 48.1. The number of hydrogen-bond donors (Lipinski definition) is 0. The van der Waals surface area contributed by atoms with Crippen molar-refractivity contribution in [1.82, 2.24) is 9.80 Å². The Bertz CT molecular complexity index is 1640. The SMILES string of the molecule is c1cc(-c2ccccc2C2CCC3C(C2)C2CCCC4OC5CCCCC5N3C42)cc(C2CCC3C(C2)C2CCCC4OC5CCCCC5N3C42)c1. The van der Waals surface area contributed by atoms with Crippen LogP contribution in [0.25, 0.3) is 11.1 Å². The molecule has 6 saturated carbocycles. The van der Waals surface area contributed by atoms with E-state index in [1.54, 1.807) is 11.1 Å². The van der Waals surface area contributed by atoms with Crippen LogP contribution in [-0.4, -0.2) is 70.5 Å². The molecule has 0 radical (unpaired) electrons. The fourth-order valence-electron chi connectivity index (χ4n) is 16.1. The molecule has 4 heteroatoms. The van der Waals surface area contributed by atoms with Crippen LogP contribution in [0.5, 0.6) is 0 Å². The van der Waals surface area contributed by atoms with E-state index in [4.69, 9.17) is 9.47 Å². The van der Waals surface area contributed by atoms with Gasteiger partial charge in [-0.1, -0.05) is 87.1 Å². The van der Waals surface area contributed by atoms with Gasteiger partial charge >= 0.3 is 0 Å². The van der Waals surface area contributed by atoms with Gasteiger partial charge in [0.1, 0.15) is 0 Å². The van der Waals surface area contributed by atoms with Gasteiger partial charge in [-0.25, -0.2) is 0 Å². The van der Waals surface area contributed by atoms with Gasteiger partial charge in [0.2, 0.25) is 0 Å².